The van der Waals surface area contributed by atoms with Crippen LogP contribution in [0.1, 0.15) is 11.1 Å². The van der Waals surface area contributed by atoms with Crippen LogP contribution in [-0.4, -0.2) is 22.0 Å². The summed E-state index contributed by atoms with van der Waals surface area (Å²) in [5.74, 6) is 0. The lowest BCUT2D eigenvalue weighted by molar-refractivity contribution is 0.242. The maximum Gasteiger partial charge on any atom is 0.338 e. The molecule has 2 aromatic carbocycles. The zero-order valence-electron chi connectivity index (χ0n) is 18.8. The van der Waals surface area contributed by atoms with E-state index in [1.54, 1.807) is 36.8 Å². The van der Waals surface area contributed by atoms with Crippen LogP contribution in [0.3, 0.4) is 0 Å². The molecular weight excluding hydrogens is 428 g/mol. The molecule has 0 spiro atoms. The van der Waals surface area contributed by atoms with Crippen molar-refractivity contribution in [1.29, 1.82) is 0 Å². The molecule has 0 aliphatic carbocycles. The maximum absolute atomic E-state index is 12.8. The fraction of sp³-hybridized carbons (Fsp3) is 0.0769. The van der Waals surface area contributed by atoms with Crippen LogP contribution in [0.5, 0.6) is 0 Å². The number of hydrazine groups is 1. The Labute approximate surface area is 197 Å². The lowest BCUT2D eigenvalue weighted by Gasteiger charge is -2.23. The molecule has 0 saturated heterocycles. The van der Waals surface area contributed by atoms with Crippen molar-refractivity contribution in [2.45, 2.75) is 13.8 Å². The molecule has 8 nitrogen and oxygen atoms in total. The van der Waals surface area contributed by atoms with E-state index in [0.29, 0.717) is 11.4 Å². The number of nitrogens with one attached hydrogen (secondary N) is 2. The number of amides is 4. The lowest BCUT2D eigenvalue weighted by atomic mass is 10.0. The molecule has 4 aromatic rings. The molecule has 8 heteroatoms. The van der Waals surface area contributed by atoms with Gasteiger partial charge in [-0.3, -0.25) is 9.97 Å². The third-order valence-corrected chi connectivity index (χ3v) is 5.34. The molecule has 2 aromatic heterocycles. The second-order valence-corrected chi connectivity index (χ2v) is 7.72. The third-order valence-electron chi connectivity index (χ3n) is 5.34. The summed E-state index contributed by atoms with van der Waals surface area (Å²) in [6.45, 7) is 3.94. The van der Waals surface area contributed by atoms with Gasteiger partial charge in [0.25, 0.3) is 0 Å². The zero-order valence-corrected chi connectivity index (χ0v) is 18.8. The van der Waals surface area contributed by atoms with Crippen molar-refractivity contribution in [3.05, 3.63) is 96.4 Å². The Morgan fingerprint density at radius 2 is 1.59 bits per heavy atom. The van der Waals surface area contributed by atoms with Crippen molar-refractivity contribution in [3.63, 3.8) is 0 Å². The Balaban J connectivity index is 1.56. The Morgan fingerprint density at radius 1 is 0.853 bits per heavy atom. The summed E-state index contributed by atoms with van der Waals surface area (Å²) in [5, 5.41) is 3.76. The maximum atomic E-state index is 12.8. The lowest BCUT2D eigenvalue weighted by Crippen LogP contribution is -2.50. The van der Waals surface area contributed by atoms with Gasteiger partial charge in [0.15, 0.2) is 0 Å². The molecule has 0 fully saturated rings. The Bertz CT molecular complexity index is 1330. The highest BCUT2D eigenvalue weighted by atomic mass is 16.2. The highest BCUT2D eigenvalue weighted by molar-refractivity contribution is 5.98. The average Bonchev–Trinajstić information content (AvgIpc) is 2.85. The number of nitrogens with zero attached hydrogens (tertiary/aromatic N) is 3. The molecule has 0 unspecified atom stereocenters. The summed E-state index contributed by atoms with van der Waals surface area (Å²) in [6.07, 6.45) is 5.10. The number of rotatable bonds is 4. The number of urea groups is 2. The van der Waals surface area contributed by atoms with Gasteiger partial charge in [0.05, 0.1) is 11.4 Å². The molecule has 2 heterocycles. The topological polar surface area (TPSA) is 113 Å². The summed E-state index contributed by atoms with van der Waals surface area (Å²) >= 11 is 0. The monoisotopic (exact) mass is 452 g/mol. The van der Waals surface area contributed by atoms with Gasteiger partial charge in [-0.05, 0) is 84.6 Å². The number of pyridine rings is 2. The van der Waals surface area contributed by atoms with Gasteiger partial charge >= 0.3 is 12.1 Å². The van der Waals surface area contributed by atoms with Gasteiger partial charge in [-0.15, -0.1) is 0 Å². The molecule has 0 aliphatic heterocycles. The number of hydrogen-bond acceptors (Lipinski definition) is 4. The second-order valence-electron chi connectivity index (χ2n) is 7.72. The summed E-state index contributed by atoms with van der Waals surface area (Å²) < 4.78 is 0. The summed E-state index contributed by atoms with van der Waals surface area (Å²) in [7, 11) is 0. The molecule has 0 saturated carbocycles. The molecule has 0 bridgehead atoms. The molecule has 34 heavy (non-hydrogen) atoms. The fourth-order valence-electron chi connectivity index (χ4n) is 3.60. The van der Waals surface area contributed by atoms with Gasteiger partial charge in [0, 0.05) is 29.8 Å². The van der Waals surface area contributed by atoms with Crippen LogP contribution in [0.4, 0.5) is 21.0 Å². The van der Waals surface area contributed by atoms with Crippen LogP contribution in [0.15, 0.2) is 85.3 Å². The van der Waals surface area contributed by atoms with E-state index in [0.717, 1.165) is 38.5 Å². The van der Waals surface area contributed by atoms with Crippen molar-refractivity contribution in [2.75, 3.05) is 10.3 Å². The number of anilines is 2. The van der Waals surface area contributed by atoms with Crippen molar-refractivity contribution in [2.24, 2.45) is 5.73 Å². The highest BCUT2D eigenvalue weighted by Crippen LogP contribution is 2.28. The number of carbonyl (C=O) groups excluding carboxylic acids is 2. The molecule has 4 rings (SSSR count). The number of primary amides is 1. The Morgan fingerprint density at radius 3 is 2.29 bits per heavy atom. The van der Waals surface area contributed by atoms with Gasteiger partial charge in [-0.25, -0.2) is 20.0 Å². The van der Waals surface area contributed by atoms with E-state index in [1.807, 2.05) is 62.4 Å². The van der Waals surface area contributed by atoms with Crippen molar-refractivity contribution in [1.82, 2.24) is 15.4 Å². The fourth-order valence-corrected chi connectivity index (χ4v) is 3.60. The van der Waals surface area contributed by atoms with Crippen LogP contribution in [0.2, 0.25) is 0 Å². The van der Waals surface area contributed by atoms with Gasteiger partial charge in [-0.2, -0.15) is 0 Å². The number of aryl methyl sites for hydroxylation is 2. The highest BCUT2D eigenvalue weighted by Gasteiger charge is 2.18. The Hall–Kier alpha value is -4.72. The van der Waals surface area contributed by atoms with Crippen molar-refractivity contribution in [3.8, 4) is 22.4 Å². The molecule has 170 valence electrons. The van der Waals surface area contributed by atoms with E-state index in [-0.39, 0.29) is 0 Å². The largest absolute Gasteiger partial charge is 0.350 e. The second kappa shape index (κ2) is 9.83. The first-order chi connectivity index (χ1) is 16.4. The molecule has 0 atom stereocenters. The third kappa shape index (κ3) is 5.02. The predicted molar refractivity (Wildman–Crippen MR) is 133 cm³/mol. The van der Waals surface area contributed by atoms with Crippen LogP contribution >= 0.6 is 0 Å². The quantitative estimate of drug-likeness (QED) is 0.376. The molecule has 0 radical (unpaired) electrons. The molecular formula is C26H24N6O2. The number of aromatic nitrogens is 2. The van der Waals surface area contributed by atoms with Crippen molar-refractivity contribution >= 4 is 23.4 Å². The number of benzene rings is 2. The normalized spacial score (nSPS) is 10.4. The van der Waals surface area contributed by atoms with E-state index in [2.05, 4.69) is 20.7 Å². The summed E-state index contributed by atoms with van der Waals surface area (Å²) in [5.41, 5.74) is 14.6. The van der Waals surface area contributed by atoms with Crippen LogP contribution < -0.4 is 21.5 Å². The minimum absolute atomic E-state index is 0.429. The van der Waals surface area contributed by atoms with Gasteiger partial charge < -0.3 is 11.1 Å². The van der Waals surface area contributed by atoms with Gasteiger partial charge in [0.2, 0.25) is 0 Å². The van der Waals surface area contributed by atoms with Gasteiger partial charge in [0.1, 0.15) is 0 Å². The zero-order chi connectivity index (χ0) is 24.1. The standard InChI is InChI=1S/C26H24N6O2/c1-17-7-9-21(16-22(17)19-10-13-28-14-11-19)32(25(27)33)31-26(34)30-20-8-6-18(2)23(15-20)24-5-3-4-12-29-24/h3-16H,1-2H3,(H2,27,33)(H2,30,31,34). The number of hydrogen-bond donors (Lipinski definition) is 3. The van der Waals surface area contributed by atoms with Crippen molar-refractivity contribution < 1.29 is 9.59 Å². The minimum Gasteiger partial charge on any atom is -0.350 e. The van der Waals surface area contributed by atoms with E-state index in [4.69, 9.17) is 5.73 Å². The predicted octanol–water partition coefficient (Wildman–Crippen LogP) is 5.05. The van der Waals surface area contributed by atoms with E-state index in [1.165, 1.54) is 0 Å². The molecule has 4 amide bonds. The van der Waals surface area contributed by atoms with Crippen LogP contribution in [0, 0.1) is 13.8 Å². The average molecular weight is 453 g/mol. The van der Waals surface area contributed by atoms with E-state index >= 15 is 0 Å². The smallest absolute Gasteiger partial charge is 0.338 e. The van der Waals surface area contributed by atoms with E-state index in [9.17, 15) is 9.59 Å². The molecule has 4 N–H and O–H groups in total. The van der Waals surface area contributed by atoms with E-state index < -0.39 is 12.1 Å². The van der Waals surface area contributed by atoms with Crippen LogP contribution in [-0.2, 0) is 0 Å². The Kier molecular flexibility index (Phi) is 6.49. The summed E-state index contributed by atoms with van der Waals surface area (Å²) in [6, 6.07) is 18.8. The summed E-state index contributed by atoms with van der Waals surface area (Å²) in [4.78, 5) is 33.4. The van der Waals surface area contributed by atoms with Gasteiger partial charge in [-0.1, -0.05) is 18.2 Å². The first-order valence-electron chi connectivity index (χ1n) is 10.6. The number of nitrogens with two attached hydrogens (primary N) is 1. The first kappa shape index (κ1) is 22.5. The first-order valence-corrected chi connectivity index (χ1v) is 10.6. The molecule has 0 aliphatic rings. The number of carbonyl (C=O) groups is 2. The SMILES string of the molecule is Cc1ccc(N(NC(=O)Nc2ccc(C)c(-c3ccccn3)c2)C(N)=O)cc1-c1ccncc1. The minimum atomic E-state index is -0.822. The van der Waals surface area contributed by atoms with Crippen LogP contribution in [0.25, 0.3) is 22.4 Å².